The van der Waals surface area contributed by atoms with Gasteiger partial charge in [-0.05, 0) is 25.8 Å². The molecule has 2 aliphatic heterocycles. The molecule has 0 aromatic heterocycles. The van der Waals surface area contributed by atoms with E-state index in [2.05, 4.69) is 11.3 Å². The van der Waals surface area contributed by atoms with Crippen LogP contribution in [0.2, 0.25) is 0 Å². The molecule has 0 aliphatic carbocycles. The zero-order valence-electron chi connectivity index (χ0n) is 5.14. The minimum absolute atomic E-state index is 0.892. The van der Waals surface area contributed by atoms with Crippen LogP contribution in [0.1, 0.15) is 19.3 Å². The highest BCUT2D eigenvalue weighted by Crippen LogP contribution is 2.25. The zero-order chi connectivity index (χ0) is 5.40. The second kappa shape index (κ2) is 1.73. The van der Waals surface area contributed by atoms with Gasteiger partial charge in [0.15, 0.2) is 0 Å². The van der Waals surface area contributed by atoms with Gasteiger partial charge in [-0.15, -0.1) is 0 Å². The van der Waals surface area contributed by atoms with Crippen molar-refractivity contribution in [2.24, 2.45) is 0 Å². The molecule has 1 unspecified atom stereocenters. The van der Waals surface area contributed by atoms with Gasteiger partial charge < -0.3 is 0 Å². The molecule has 1 nitrogen and oxygen atoms in total. The van der Waals surface area contributed by atoms with E-state index in [4.69, 9.17) is 0 Å². The topological polar surface area (TPSA) is 3.24 Å². The molecule has 0 spiro atoms. The fourth-order valence-corrected chi connectivity index (χ4v) is 1.63. The molecule has 1 atom stereocenters. The summed E-state index contributed by atoms with van der Waals surface area (Å²) >= 11 is 0. The van der Waals surface area contributed by atoms with E-state index < -0.39 is 0 Å². The molecule has 0 bridgehead atoms. The summed E-state index contributed by atoms with van der Waals surface area (Å²) in [7, 11) is 0. The highest BCUT2D eigenvalue weighted by Gasteiger charge is 2.29. The van der Waals surface area contributed by atoms with Crippen molar-refractivity contribution in [1.29, 1.82) is 0 Å². The quantitative estimate of drug-likeness (QED) is 0.450. The average molecular weight is 110 g/mol. The van der Waals surface area contributed by atoms with Crippen molar-refractivity contribution in [2.75, 3.05) is 13.1 Å². The van der Waals surface area contributed by atoms with Crippen LogP contribution in [0.4, 0.5) is 0 Å². The van der Waals surface area contributed by atoms with E-state index in [1.807, 2.05) is 0 Å². The van der Waals surface area contributed by atoms with Crippen molar-refractivity contribution in [1.82, 2.24) is 4.90 Å². The Kier molecular flexibility index (Phi) is 1.04. The molecule has 0 N–H and O–H groups in total. The first-order chi connectivity index (χ1) is 3.97. The van der Waals surface area contributed by atoms with Gasteiger partial charge in [-0.2, -0.15) is 0 Å². The molecule has 2 fully saturated rings. The minimum atomic E-state index is 0.892. The van der Waals surface area contributed by atoms with E-state index in [9.17, 15) is 0 Å². The van der Waals surface area contributed by atoms with Crippen LogP contribution in [0.3, 0.4) is 0 Å². The van der Waals surface area contributed by atoms with E-state index >= 15 is 0 Å². The number of piperidine rings is 1. The first-order valence-electron chi connectivity index (χ1n) is 3.54. The number of fused-ring (bicyclic) bond motifs is 1. The predicted molar refractivity (Wildman–Crippen MR) is 33.5 cm³/mol. The fraction of sp³-hybridized carbons (Fsp3) is 0.857. The summed E-state index contributed by atoms with van der Waals surface area (Å²) in [6.07, 6.45) is 6.75. The molecule has 2 aliphatic rings. The third kappa shape index (κ3) is 0.576. The second-order valence-corrected chi connectivity index (χ2v) is 2.79. The molecule has 0 amide bonds. The van der Waals surface area contributed by atoms with Crippen molar-refractivity contribution >= 4 is 0 Å². The fourth-order valence-electron chi connectivity index (χ4n) is 1.63. The Morgan fingerprint density at radius 1 is 1.38 bits per heavy atom. The molecule has 1 heteroatoms. The molecule has 2 rings (SSSR count). The monoisotopic (exact) mass is 110 g/mol. The lowest BCUT2D eigenvalue weighted by Crippen LogP contribution is -2.50. The van der Waals surface area contributed by atoms with Gasteiger partial charge >= 0.3 is 0 Å². The Labute approximate surface area is 50.7 Å². The highest BCUT2D eigenvalue weighted by atomic mass is 15.2. The molecule has 0 aromatic carbocycles. The minimum Gasteiger partial charge on any atom is -0.300 e. The molecule has 8 heavy (non-hydrogen) atoms. The summed E-state index contributed by atoms with van der Waals surface area (Å²) in [6, 6.07) is 0.892. The maximum atomic E-state index is 2.56. The molecular formula is C7H12N. The predicted octanol–water partition coefficient (Wildman–Crippen LogP) is 1.06. The summed E-state index contributed by atoms with van der Waals surface area (Å²) < 4.78 is 0. The third-order valence-electron chi connectivity index (χ3n) is 2.28. The Morgan fingerprint density at radius 2 is 2.38 bits per heavy atom. The van der Waals surface area contributed by atoms with E-state index in [0.717, 1.165) is 6.04 Å². The highest BCUT2D eigenvalue weighted by molar-refractivity contribution is 4.99. The van der Waals surface area contributed by atoms with Crippen LogP contribution in [0.15, 0.2) is 0 Å². The normalized spacial score (nSPS) is 38.2. The number of rotatable bonds is 0. The Morgan fingerprint density at radius 3 is 2.75 bits per heavy atom. The van der Waals surface area contributed by atoms with E-state index in [1.165, 1.54) is 32.4 Å². The van der Waals surface area contributed by atoms with Crippen LogP contribution >= 0.6 is 0 Å². The summed E-state index contributed by atoms with van der Waals surface area (Å²) in [5, 5.41) is 0. The largest absolute Gasteiger partial charge is 0.300 e. The zero-order valence-corrected chi connectivity index (χ0v) is 5.14. The lowest BCUT2D eigenvalue weighted by molar-refractivity contribution is 0.112. The first kappa shape index (κ1) is 4.80. The van der Waals surface area contributed by atoms with Gasteiger partial charge in [0.25, 0.3) is 0 Å². The molecular weight excluding hydrogens is 98.1 g/mol. The Bertz CT molecular complexity index is 78.4. The van der Waals surface area contributed by atoms with Gasteiger partial charge in [0.1, 0.15) is 0 Å². The van der Waals surface area contributed by atoms with Crippen molar-refractivity contribution in [2.45, 2.75) is 25.3 Å². The molecule has 2 saturated heterocycles. The number of hydrogen-bond donors (Lipinski definition) is 0. The average Bonchev–Trinajstić information content (AvgIpc) is 1.72. The molecule has 45 valence electrons. The molecule has 1 radical (unpaired) electrons. The summed E-state index contributed by atoms with van der Waals surface area (Å²) in [4.78, 5) is 2.56. The number of nitrogens with zero attached hydrogens (tertiary/aromatic N) is 1. The smallest absolute Gasteiger partial charge is 0.0140 e. The van der Waals surface area contributed by atoms with Crippen LogP contribution in [0.25, 0.3) is 0 Å². The number of hydrogen-bond acceptors (Lipinski definition) is 1. The van der Waals surface area contributed by atoms with Gasteiger partial charge in [0.2, 0.25) is 0 Å². The van der Waals surface area contributed by atoms with Crippen molar-refractivity contribution in [3.8, 4) is 0 Å². The van der Waals surface area contributed by atoms with Gasteiger partial charge in [-0.3, -0.25) is 4.90 Å². The van der Waals surface area contributed by atoms with Crippen molar-refractivity contribution in [3.05, 3.63) is 6.42 Å². The van der Waals surface area contributed by atoms with Crippen LogP contribution in [-0.4, -0.2) is 24.0 Å². The van der Waals surface area contributed by atoms with Crippen molar-refractivity contribution < 1.29 is 0 Å². The summed E-state index contributed by atoms with van der Waals surface area (Å²) in [6.45, 7) is 2.63. The molecule has 2 heterocycles. The second-order valence-electron chi connectivity index (χ2n) is 2.79. The maximum Gasteiger partial charge on any atom is 0.0140 e. The summed E-state index contributed by atoms with van der Waals surface area (Å²) in [5.74, 6) is 0. The van der Waals surface area contributed by atoms with Crippen LogP contribution in [0.5, 0.6) is 0 Å². The Hall–Kier alpha value is -0.0400. The first-order valence-corrected chi connectivity index (χ1v) is 3.54. The maximum absolute atomic E-state index is 2.56. The lowest BCUT2D eigenvalue weighted by atomic mass is 9.92. The Balaban J connectivity index is 1.92. The third-order valence-corrected chi connectivity index (χ3v) is 2.28. The molecule has 0 aromatic rings. The van der Waals surface area contributed by atoms with E-state index in [1.54, 1.807) is 0 Å². The van der Waals surface area contributed by atoms with Crippen molar-refractivity contribution in [3.63, 3.8) is 0 Å². The van der Waals surface area contributed by atoms with E-state index in [-0.39, 0.29) is 0 Å². The van der Waals surface area contributed by atoms with Gasteiger partial charge in [0, 0.05) is 12.6 Å². The SMILES string of the molecule is [CH]1CN2CCCCC12. The van der Waals surface area contributed by atoms with Crippen LogP contribution in [-0.2, 0) is 0 Å². The van der Waals surface area contributed by atoms with E-state index in [0.29, 0.717) is 0 Å². The van der Waals surface area contributed by atoms with Gasteiger partial charge in [0.05, 0.1) is 0 Å². The summed E-state index contributed by atoms with van der Waals surface area (Å²) in [5.41, 5.74) is 0. The lowest BCUT2D eigenvalue weighted by Gasteiger charge is -2.44. The van der Waals surface area contributed by atoms with Gasteiger partial charge in [-0.25, -0.2) is 0 Å². The standard InChI is InChI=1S/C7H12N/c1-2-5-8-6-4-7(8)3-1/h4,7H,1-3,5-6H2. The van der Waals surface area contributed by atoms with Crippen LogP contribution in [0, 0.1) is 6.42 Å². The van der Waals surface area contributed by atoms with Crippen LogP contribution < -0.4 is 0 Å². The van der Waals surface area contributed by atoms with Gasteiger partial charge in [-0.1, -0.05) is 6.42 Å². The molecule has 0 saturated carbocycles.